The van der Waals surface area contributed by atoms with Crippen LogP contribution < -0.4 is 10.1 Å². The predicted octanol–water partition coefficient (Wildman–Crippen LogP) is 4.90. The Morgan fingerprint density at radius 2 is 1.72 bits per heavy atom. The summed E-state index contributed by atoms with van der Waals surface area (Å²) in [6.45, 7) is 9.24. The minimum atomic E-state index is -0.719. The molecule has 9 nitrogen and oxygen atoms in total. The van der Waals surface area contributed by atoms with E-state index < -0.39 is 11.5 Å². The van der Waals surface area contributed by atoms with E-state index in [0.717, 1.165) is 27.8 Å². The highest BCUT2D eigenvalue weighted by molar-refractivity contribution is 6.00. The minimum Gasteiger partial charge on any atom is -0.493 e. The Morgan fingerprint density at radius 3 is 2.40 bits per heavy atom. The Bertz CT molecular complexity index is 1640. The monoisotopic (exact) mass is 579 g/mol. The highest BCUT2D eigenvalue weighted by Gasteiger charge is 2.50. The van der Waals surface area contributed by atoms with E-state index in [1.807, 2.05) is 92.1 Å². The molecule has 4 aromatic rings. The normalized spacial score (nSPS) is 18.6. The van der Waals surface area contributed by atoms with Gasteiger partial charge in [-0.1, -0.05) is 63.2 Å². The number of aromatic nitrogens is 2. The number of nitrogens with one attached hydrogen (secondary N) is 2. The Hall–Kier alpha value is -4.66. The number of H-pyrrole nitrogens is 1. The van der Waals surface area contributed by atoms with Gasteiger partial charge in [-0.25, -0.2) is 0 Å². The minimum absolute atomic E-state index is 0.0911. The average Bonchev–Trinajstić information content (AvgIpc) is 3.74. The maximum Gasteiger partial charge on any atom is 0.272 e. The first-order valence-corrected chi connectivity index (χ1v) is 14.8. The number of aromatic amines is 1. The summed E-state index contributed by atoms with van der Waals surface area (Å²) in [4.78, 5) is 51.9. The summed E-state index contributed by atoms with van der Waals surface area (Å²) in [6, 6.07) is 20.0. The number of piperazine rings is 1. The van der Waals surface area contributed by atoms with Crippen LogP contribution in [0.15, 0.2) is 72.9 Å². The molecule has 0 aliphatic carbocycles. The molecule has 0 saturated carbocycles. The second kappa shape index (κ2) is 11.2. The molecule has 2 fully saturated rings. The van der Waals surface area contributed by atoms with Crippen LogP contribution in [0.25, 0.3) is 22.0 Å². The van der Waals surface area contributed by atoms with Crippen LogP contribution in [0, 0.1) is 5.41 Å². The third-order valence-electron chi connectivity index (χ3n) is 8.43. The molecule has 6 rings (SSSR count). The number of likely N-dealkylation sites (tertiary alicyclic amines) is 2. The van der Waals surface area contributed by atoms with Crippen molar-refractivity contribution in [1.82, 2.24) is 25.1 Å². The van der Waals surface area contributed by atoms with Gasteiger partial charge >= 0.3 is 0 Å². The van der Waals surface area contributed by atoms with Gasteiger partial charge in [0.25, 0.3) is 11.8 Å². The summed E-state index contributed by atoms with van der Waals surface area (Å²) in [5.74, 6) is 0.207. The van der Waals surface area contributed by atoms with Crippen LogP contribution in [-0.4, -0.2) is 75.3 Å². The van der Waals surface area contributed by atoms with Gasteiger partial charge < -0.3 is 24.8 Å². The molecule has 222 valence electrons. The number of rotatable bonds is 7. The number of para-hydroxylation sites is 2. The number of ether oxygens (including phenoxy) is 1. The van der Waals surface area contributed by atoms with E-state index in [-0.39, 0.29) is 29.8 Å². The van der Waals surface area contributed by atoms with Crippen molar-refractivity contribution >= 4 is 28.6 Å². The first kappa shape index (κ1) is 28.5. The Labute approximate surface area is 251 Å². The lowest BCUT2D eigenvalue weighted by molar-refractivity contribution is -0.138. The fourth-order valence-corrected chi connectivity index (χ4v) is 6.22. The van der Waals surface area contributed by atoms with E-state index in [9.17, 15) is 14.4 Å². The Kier molecular flexibility index (Phi) is 7.42. The van der Waals surface area contributed by atoms with Crippen LogP contribution in [0.3, 0.4) is 0 Å². The fraction of sp³-hybridized carbons (Fsp3) is 0.353. The smallest absolute Gasteiger partial charge is 0.272 e. The van der Waals surface area contributed by atoms with Gasteiger partial charge in [0.15, 0.2) is 0 Å². The van der Waals surface area contributed by atoms with Gasteiger partial charge in [-0.15, -0.1) is 0 Å². The molecule has 43 heavy (non-hydrogen) atoms. The van der Waals surface area contributed by atoms with Crippen LogP contribution in [0.4, 0.5) is 0 Å². The van der Waals surface area contributed by atoms with Gasteiger partial charge in [0.1, 0.15) is 23.2 Å². The third-order valence-corrected chi connectivity index (χ3v) is 8.43. The number of nitrogens with zero attached hydrogens (tertiary/aromatic N) is 3. The highest BCUT2D eigenvalue weighted by Crippen LogP contribution is 2.35. The number of carbonyl (C=O) groups is 3. The predicted molar refractivity (Wildman–Crippen MR) is 165 cm³/mol. The molecule has 3 atom stereocenters. The van der Waals surface area contributed by atoms with Crippen molar-refractivity contribution in [2.75, 3.05) is 19.7 Å². The molecule has 2 aliphatic rings. The standard InChI is InChI=1S/C34H37N5O4/c1-5-43-29-13-9-7-11-25(29)22-14-15-27(35-18-22)32(41)38-19-24-17-23(38)20-39(24)33(42)30(34(2,3)4)37-31(40)28-16-21-10-6-8-12-26(21)36-28/h6-16,18,23-24,30,36H,5,17,19-20H2,1-4H3,(H,37,40)/t23-,24-,30+/m0/s1. The molecule has 2 aromatic heterocycles. The molecular formula is C34H37N5O4. The van der Waals surface area contributed by atoms with E-state index in [0.29, 0.717) is 37.5 Å². The van der Waals surface area contributed by atoms with Gasteiger partial charge in [-0.2, -0.15) is 0 Å². The van der Waals surface area contributed by atoms with Crippen molar-refractivity contribution < 1.29 is 19.1 Å². The molecule has 2 N–H and O–H groups in total. The van der Waals surface area contributed by atoms with Crippen LogP contribution >= 0.6 is 0 Å². The number of hydrogen-bond acceptors (Lipinski definition) is 5. The Morgan fingerprint density at radius 1 is 1.00 bits per heavy atom. The van der Waals surface area contributed by atoms with Gasteiger partial charge in [0.05, 0.1) is 18.7 Å². The summed E-state index contributed by atoms with van der Waals surface area (Å²) < 4.78 is 5.75. The molecule has 2 saturated heterocycles. The molecule has 2 aliphatic heterocycles. The number of amides is 3. The topological polar surface area (TPSA) is 108 Å². The first-order chi connectivity index (χ1) is 20.6. The van der Waals surface area contributed by atoms with E-state index in [1.165, 1.54) is 0 Å². The average molecular weight is 580 g/mol. The number of benzene rings is 2. The van der Waals surface area contributed by atoms with Crippen molar-refractivity contribution in [2.24, 2.45) is 5.41 Å². The van der Waals surface area contributed by atoms with E-state index in [2.05, 4.69) is 15.3 Å². The molecule has 2 bridgehead atoms. The third kappa shape index (κ3) is 5.47. The van der Waals surface area contributed by atoms with Gasteiger partial charge in [-0.05, 0) is 43.0 Å². The van der Waals surface area contributed by atoms with Crippen molar-refractivity contribution in [1.29, 1.82) is 0 Å². The lowest BCUT2D eigenvalue weighted by Gasteiger charge is -2.39. The van der Waals surface area contributed by atoms with Crippen molar-refractivity contribution in [3.8, 4) is 16.9 Å². The largest absolute Gasteiger partial charge is 0.493 e. The summed E-state index contributed by atoms with van der Waals surface area (Å²) >= 11 is 0. The van der Waals surface area contributed by atoms with Crippen molar-refractivity contribution in [2.45, 2.75) is 52.2 Å². The molecule has 0 radical (unpaired) electrons. The second-order valence-electron chi connectivity index (χ2n) is 12.4. The molecule has 0 unspecified atom stereocenters. The molecule has 0 spiro atoms. The van der Waals surface area contributed by atoms with Crippen LogP contribution in [0.2, 0.25) is 0 Å². The molecule has 9 heteroatoms. The second-order valence-corrected chi connectivity index (χ2v) is 12.4. The lowest BCUT2D eigenvalue weighted by atomic mass is 9.85. The summed E-state index contributed by atoms with van der Waals surface area (Å²) in [6.07, 6.45) is 2.42. The maximum atomic E-state index is 13.9. The molecule has 3 amide bonds. The zero-order chi connectivity index (χ0) is 30.3. The molecule has 4 heterocycles. The van der Waals surface area contributed by atoms with Gasteiger partial charge in [0, 0.05) is 41.3 Å². The van der Waals surface area contributed by atoms with Crippen molar-refractivity contribution in [3.05, 3.63) is 84.3 Å². The number of pyridine rings is 1. The zero-order valence-electron chi connectivity index (χ0n) is 25.0. The van der Waals surface area contributed by atoms with Crippen LogP contribution in [-0.2, 0) is 4.79 Å². The number of fused-ring (bicyclic) bond motifs is 3. The quantitative estimate of drug-likeness (QED) is 0.324. The summed E-state index contributed by atoms with van der Waals surface area (Å²) in [7, 11) is 0. The fourth-order valence-electron chi connectivity index (χ4n) is 6.22. The summed E-state index contributed by atoms with van der Waals surface area (Å²) in [5, 5.41) is 3.94. The van der Waals surface area contributed by atoms with Gasteiger partial charge in [0.2, 0.25) is 5.91 Å². The maximum absolute atomic E-state index is 13.9. The molecule has 2 aromatic carbocycles. The lowest BCUT2D eigenvalue weighted by Crippen LogP contribution is -2.59. The molecular weight excluding hydrogens is 542 g/mol. The van der Waals surface area contributed by atoms with Crippen LogP contribution in [0.5, 0.6) is 5.75 Å². The SMILES string of the molecule is CCOc1ccccc1-c1ccc(C(=O)N2C[C@@H]3C[C@H]2CN3C(=O)[C@@H](NC(=O)c2cc3ccccc3[nH]2)C(C)(C)C)nc1. The summed E-state index contributed by atoms with van der Waals surface area (Å²) in [5.41, 5.74) is 2.96. The highest BCUT2D eigenvalue weighted by atomic mass is 16.5. The first-order valence-electron chi connectivity index (χ1n) is 14.8. The van der Waals surface area contributed by atoms with Crippen molar-refractivity contribution in [3.63, 3.8) is 0 Å². The van der Waals surface area contributed by atoms with E-state index >= 15 is 0 Å². The zero-order valence-corrected chi connectivity index (χ0v) is 25.0. The number of hydrogen-bond donors (Lipinski definition) is 2. The van der Waals surface area contributed by atoms with E-state index in [1.54, 1.807) is 18.3 Å². The number of carbonyl (C=O) groups excluding carboxylic acids is 3. The van der Waals surface area contributed by atoms with E-state index in [4.69, 9.17) is 4.74 Å². The van der Waals surface area contributed by atoms with Crippen LogP contribution in [0.1, 0.15) is 55.1 Å². The van der Waals surface area contributed by atoms with Gasteiger partial charge in [-0.3, -0.25) is 19.4 Å². The Balaban J connectivity index is 1.13.